The molecule has 0 aliphatic carbocycles. The van der Waals surface area contributed by atoms with E-state index < -0.39 is 0 Å². The Balaban J connectivity index is 2.10. The molecule has 0 amide bonds. The monoisotopic (exact) mass is 262 g/mol. The lowest BCUT2D eigenvalue weighted by Crippen LogP contribution is -2.15. The molecule has 1 aromatic rings. The molecule has 1 rings (SSSR count). The van der Waals surface area contributed by atoms with Crippen molar-refractivity contribution in [2.24, 2.45) is 5.73 Å². The molecule has 3 N–H and O–H groups in total. The number of hydrogen-bond donors (Lipinski definition) is 2. The van der Waals surface area contributed by atoms with Crippen molar-refractivity contribution in [3.05, 3.63) is 20.8 Å². The van der Waals surface area contributed by atoms with Crippen LogP contribution in [-0.4, -0.2) is 13.1 Å². The fourth-order valence-corrected chi connectivity index (χ4v) is 2.51. The predicted octanol–water partition coefficient (Wildman–Crippen LogP) is 2.34. The highest BCUT2D eigenvalue weighted by Crippen LogP contribution is 2.21. The Labute approximate surface area is 91.7 Å². The highest BCUT2D eigenvalue weighted by molar-refractivity contribution is 9.10. The van der Waals surface area contributed by atoms with Crippen molar-refractivity contribution >= 4 is 27.3 Å². The minimum Gasteiger partial charge on any atom is -0.330 e. The Kier molecular flexibility index (Phi) is 5.62. The van der Waals surface area contributed by atoms with Gasteiger partial charge in [-0.1, -0.05) is 0 Å². The van der Waals surface area contributed by atoms with E-state index in [0.29, 0.717) is 0 Å². The molecule has 2 nitrogen and oxygen atoms in total. The maximum Gasteiger partial charge on any atom is 0.0327 e. The maximum atomic E-state index is 5.40. The molecule has 13 heavy (non-hydrogen) atoms. The second-order valence-electron chi connectivity index (χ2n) is 2.86. The Bertz CT molecular complexity index is 237. The van der Waals surface area contributed by atoms with Crippen molar-refractivity contribution in [2.75, 3.05) is 13.1 Å². The van der Waals surface area contributed by atoms with Gasteiger partial charge in [-0.25, -0.2) is 0 Å². The van der Waals surface area contributed by atoms with E-state index in [2.05, 4.69) is 32.7 Å². The summed E-state index contributed by atoms with van der Waals surface area (Å²) in [6.45, 7) is 2.81. The molecule has 0 radical (unpaired) electrons. The summed E-state index contributed by atoms with van der Waals surface area (Å²) in [5.41, 5.74) is 5.40. The summed E-state index contributed by atoms with van der Waals surface area (Å²) in [7, 11) is 0. The zero-order chi connectivity index (χ0) is 9.52. The summed E-state index contributed by atoms with van der Waals surface area (Å²) in [6, 6.07) is 2.08. The largest absolute Gasteiger partial charge is 0.330 e. The van der Waals surface area contributed by atoms with Crippen molar-refractivity contribution < 1.29 is 0 Å². The topological polar surface area (TPSA) is 38.0 Å². The average molecular weight is 263 g/mol. The zero-order valence-electron chi connectivity index (χ0n) is 7.55. The van der Waals surface area contributed by atoms with Crippen molar-refractivity contribution in [3.8, 4) is 0 Å². The highest BCUT2D eigenvalue weighted by atomic mass is 79.9. The van der Waals surface area contributed by atoms with Gasteiger partial charge >= 0.3 is 0 Å². The third kappa shape index (κ3) is 4.22. The van der Waals surface area contributed by atoms with E-state index in [9.17, 15) is 0 Å². The van der Waals surface area contributed by atoms with E-state index in [0.717, 1.165) is 26.1 Å². The van der Waals surface area contributed by atoms with Gasteiger partial charge in [0, 0.05) is 15.9 Å². The van der Waals surface area contributed by atoms with Crippen molar-refractivity contribution in [2.45, 2.75) is 19.4 Å². The maximum absolute atomic E-state index is 5.40. The molecule has 0 aromatic carbocycles. The molecule has 1 aromatic heterocycles. The standard InChI is InChI=1S/C9H15BrN2S/c10-8-3-6-13-9(8)7-12-5-2-1-4-11/h3,6,12H,1-2,4-5,7,11H2. The molecule has 0 fully saturated rings. The Morgan fingerprint density at radius 2 is 2.31 bits per heavy atom. The molecule has 0 bridgehead atoms. The molecule has 0 aliphatic rings. The summed E-state index contributed by atoms with van der Waals surface area (Å²) in [5, 5.41) is 5.49. The van der Waals surface area contributed by atoms with Gasteiger partial charge in [0.1, 0.15) is 0 Å². The van der Waals surface area contributed by atoms with Crippen molar-refractivity contribution in [1.82, 2.24) is 5.32 Å². The van der Waals surface area contributed by atoms with Gasteiger partial charge in [0.15, 0.2) is 0 Å². The zero-order valence-corrected chi connectivity index (χ0v) is 9.96. The lowest BCUT2D eigenvalue weighted by atomic mass is 10.3. The normalized spacial score (nSPS) is 10.6. The number of thiophene rings is 1. The number of nitrogens with one attached hydrogen (secondary N) is 1. The second kappa shape index (κ2) is 6.54. The third-order valence-electron chi connectivity index (χ3n) is 1.78. The molecule has 4 heteroatoms. The molecule has 0 saturated carbocycles. The molecule has 0 aliphatic heterocycles. The van der Waals surface area contributed by atoms with Crippen LogP contribution in [0.1, 0.15) is 17.7 Å². The van der Waals surface area contributed by atoms with Gasteiger partial charge in [-0.3, -0.25) is 0 Å². The molecular weight excluding hydrogens is 248 g/mol. The van der Waals surface area contributed by atoms with Crippen molar-refractivity contribution in [1.29, 1.82) is 0 Å². The Morgan fingerprint density at radius 1 is 1.46 bits per heavy atom. The minimum absolute atomic E-state index is 0.796. The Hall–Kier alpha value is 0.100. The first-order valence-corrected chi connectivity index (χ1v) is 6.14. The number of halogens is 1. The van der Waals surface area contributed by atoms with Crippen LogP contribution in [0.4, 0.5) is 0 Å². The Morgan fingerprint density at radius 3 is 2.92 bits per heavy atom. The predicted molar refractivity (Wildman–Crippen MR) is 62.0 cm³/mol. The van der Waals surface area contributed by atoms with Crippen LogP contribution in [0, 0.1) is 0 Å². The van der Waals surface area contributed by atoms with E-state index in [-0.39, 0.29) is 0 Å². The first-order chi connectivity index (χ1) is 6.34. The number of nitrogens with two attached hydrogens (primary N) is 1. The summed E-state index contributed by atoms with van der Waals surface area (Å²) in [5.74, 6) is 0. The van der Waals surface area contributed by atoms with Crippen LogP contribution in [-0.2, 0) is 6.54 Å². The smallest absolute Gasteiger partial charge is 0.0327 e. The van der Waals surface area contributed by atoms with E-state index >= 15 is 0 Å². The molecule has 74 valence electrons. The number of rotatable bonds is 6. The molecule has 0 spiro atoms. The molecule has 1 heterocycles. The quantitative estimate of drug-likeness (QED) is 0.773. The lowest BCUT2D eigenvalue weighted by Gasteiger charge is -2.02. The lowest BCUT2D eigenvalue weighted by molar-refractivity contribution is 0.630. The summed E-state index contributed by atoms with van der Waals surface area (Å²) in [6.07, 6.45) is 2.28. The van der Waals surface area contributed by atoms with E-state index in [1.807, 2.05) is 0 Å². The van der Waals surface area contributed by atoms with Gasteiger partial charge in [0.2, 0.25) is 0 Å². The van der Waals surface area contributed by atoms with Gasteiger partial charge in [0.25, 0.3) is 0 Å². The highest BCUT2D eigenvalue weighted by Gasteiger charge is 1.99. The van der Waals surface area contributed by atoms with Crippen LogP contribution < -0.4 is 11.1 Å². The van der Waals surface area contributed by atoms with Gasteiger partial charge in [0.05, 0.1) is 0 Å². The van der Waals surface area contributed by atoms with Crippen LogP contribution in [0.3, 0.4) is 0 Å². The first-order valence-electron chi connectivity index (χ1n) is 4.47. The van der Waals surface area contributed by atoms with Crippen molar-refractivity contribution in [3.63, 3.8) is 0 Å². The molecular formula is C9H15BrN2S. The fraction of sp³-hybridized carbons (Fsp3) is 0.556. The fourth-order valence-electron chi connectivity index (χ4n) is 1.05. The minimum atomic E-state index is 0.796. The number of unbranched alkanes of at least 4 members (excludes halogenated alkanes) is 1. The van der Waals surface area contributed by atoms with Crippen LogP contribution >= 0.6 is 27.3 Å². The van der Waals surface area contributed by atoms with E-state index in [4.69, 9.17) is 5.73 Å². The molecule has 0 unspecified atom stereocenters. The van der Waals surface area contributed by atoms with Gasteiger partial charge in [-0.2, -0.15) is 0 Å². The van der Waals surface area contributed by atoms with Crippen LogP contribution in [0.25, 0.3) is 0 Å². The van der Waals surface area contributed by atoms with E-state index in [1.165, 1.54) is 15.8 Å². The third-order valence-corrected chi connectivity index (χ3v) is 3.71. The summed E-state index contributed by atoms with van der Waals surface area (Å²) >= 11 is 5.28. The summed E-state index contributed by atoms with van der Waals surface area (Å²) in [4.78, 5) is 1.37. The SMILES string of the molecule is NCCCCNCc1sccc1Br. The second-order valence-corrected chi connectivity index (χ2v) is 4.72. The van der Waals surface area contributed by atoms with Gasteiger partial charge < -0.3 is 11.1 Å². The summed E-state index contributed by atoms with van der Waals surface area (Å²) < 4.78 is 1.21. The van der Waals surface area contributed by atoms with Crippen LogP contribution in [0.5, 0.6) is 0 Å². The van der Waals surface area contributed by atoms with E-state index in [1.54, 1.807) is 11.3 Å². The van der Waals surface area contributed by atoms with Gasteiger partial charge in [-0.15, -0.1) is 11.3 Å². The van der Waals surface area contributed by atoms with Crippen LogP contribution in [0.15, 0.2) is 15.9 Å². The average Bonchev–Trinajstić information content (AvgIpc) is 2.52. The first kappa shape index (κ1) is 11.2. The molecule has 0 atom stereocenters. The molecule has 0 saturated heterocycles. The number of hydrogen-bond acceptors (Lipinski definition) is 3. The van der Waals surface area contributed by atoms with Gasteiger partial charge in [-0.05, 0) is 53.3 Å². The van der Waals surface area contributed by atoms with Crippen LogP contribution in [0.2, 0.25) is 0 Å².